The van der Waals surface area contributed by atoms with Gasteiger partial charge in [0.1, 0.15) is 13.2 Å². The molecule has 5 nitrogen and oxygen atoms in total. The van der Waals surface area contributed by atoms with Crippen LogP contribution in [0.5, 0.6) is 0 Å². The molecule has 0 aromatic heterocycles. The highest BCUT2D eigenvalue weighted by Crippen LogP contribution is 2.45. The molecule has 0 radical (unpaired) electrons. The number of likely N-dealkylation sites (N-methyl/N-ethyl adjacent to an activating group) is 1. The molecule has 0 aromatic carbocycles. The molecular weight excluding hydrogens is 313 g/mol. The van der Waals surface area contributed by atoms with Crippen molar-refractivity contribution in [1.82, 2.24) is 0 Å². The number of phosphoric acid groups is 1. The number of rotatable bonds is 15. The maximum Gasteiger partial charge on any atom is 0.472 e. The molecule has 2 atom stereocenters. The van der Waals surface area contributed by atoms with Crippen LogP contribution in [0.1, 0.15) is 71.6 Å². The van der Waals surface area contributed by atoms with Gasteiger partial charge in [-0.15, -0.1) is 0 Å². The highest BCUT2D eigenvalue weighted by atomic mass is 31.2. The summed E-state index contributed by atoms with van der Waals surface area (Å²) in [6.45, 7) is 5.18. The predicted molar refractivity (Wildman–Crippen MR) is 96.5 cm³/mol. The normalized spacial score (nSPS) is 16.3. The average molecular weight is 352 g/mol. The van der Waals surface area contributed by atoms with Gasteiger partial charge in [0, 0.05) is 0 Å². The fourth-order valence-electron chi connectivity index (χ4n) is 2.37. The lowest BCUT2D eigenvalue weighted by Crippen LogP contribution is -2.37. The van der Waals surface area contributed by atoms with E-state index in [1.54, 1.807) is 0 Å². The smallest absolute Gasteiger partial charge is 0.329 e. The molecule has 6 heteroatoms. The van der Waals surface area contributed by atoms with E-state index in [9.17, 15) is 9.46 Å². The lowest BCUT2D eigenvalue weighted by molar-refractivity contribution is -0.870. The van der Waals surface area contributed by atoms with Crippen LogP contribution >= 0.6 is 7.82 Å². The standard InChI is InChI=1S/C17H38NO4P/c1-6-8-9-10-11-12-14-17(13-7-2)22-23(19,20)21-16-15-18(3,4)5/h17H,6-16H2,1-5H3/p+1. The van der Waals surface area contributed by atoms with Gasteiger partial charge in [0.2, 0.25) is 0 Å². The molecule has 23 heavy (non-hydrogen) atoms. The van der Waals surface area contributed by atoms with Crippen LogP contribution in [0, 0.1) is 0 Å². The summed E-state index contributed by atoms with van der Waals surface area (Å²) in [5.41, 5.74) is 0. The highest BCUT2D eigenvalue weighted by Gasteiger charge is 2.26. The van der Waals surface area contributed by atoms with E-state index < -0.39 is 7.82 Å². The summed E-state index contributed by atoms with van der Waals surface area (Å²) in [6, 6.07) is 0. The minimum Gasteiger partial charge on any atom is -0.329 e. The van der Waals surface area contributed by atoms with Crippen molar-refractivity contribution in [2.24, 2.45) is 0 Å². The summed E-state index contributed by atoms with van der Waals surface area (Å²) >= 11 is 0. The molecule has 0 saturated carbocycles. The van der Waals surface area contributed by atoms with Gasteiger partial charge in [-0.2, -0.15) is 0 Å². The van der Waals surface area contributed by atoms with E-state index in [2.05, 4.69) is 13.8 Å². The van der Waals surface area contributed by atoms with E-state index in [0.717, 1.165) is 25.7 Å². The van der Waals surface area contributed by atoms with Crippen molar-refractivity contribution >= 4 is 7.82 Å². The van der Waals surface area contributed by atoms with Crippen LogP contribution in [-0.4, -0.2) is 49.8 Å². The Morgan fingerprint density at radius 1 is 0.957 bits per heavy atom. The third-order valence-electron chi connectivity index (χ3n) is 3.79. The monoisotopic (exact) mass is 352 g/mol. The highest BCUT2D eigenvalue weighted by molar-refractivity contribution is 7.47. The second kappa shape index (κ2) is 12.4. The topological polar surface area (TPSA) is 55.8 Å². The minimum absolute atomic E-state index is 0.175. The van der Waals surface area contributed by atoms with Gasteiger partial charge in [0.05, 0.1) is 27.2 Å². The molecule has 1 N–H and O–H groups in total. The summed E-state index contributed by atoms with van der Waals surface area (Å²) in [6.07, 6.45) is 9.69. The maximum absolute atomic E-state index is 12.1. The first kappa shape index (κ1) is 23.1. The van der Waals surface area contributed by atoms with E-state index >= 15 is 0 Å². The molecule has 0 aliphatic rings. The van der Waals surface area contributed by atoms with Gasteiger partial charge < -0.3 is 9.38 Å². The van der Waals surface area contributed by atoms with Crippen molar-refractivity contribution in [1.29, 1.82) is 0 Å². The Balaban J connectivity index is 4.09. The van der Waals surface area contributed by atoms with Crippen molar-refractivity contribution in [3.63, 3.8) is 0 Å². The van der Waals surface area contributed by atoms with Crippen LogP contribution in [0.3, 0.4) is 0 Å². The van der Waals surface area contributed by atoms with E-state index in [4.69, 9.17) is 9.05 Å². The third-order valence-corrected chi connectivity index (χ3v) is 4.86. The van der Waals surface area contributed by atoms with Crippen molar-refractivity contribution in [2.45, 2.75) is 77.7 Å². The lowest BCUT2D eigenvalue weighted by Gasteiger charge is -2.25. The Morgan fingerprint density at radius 2 is 1.57 bits per heavy atom. The lowest BCUT2D eigenvalue weighted by atomic mass is 10.0. The summed E-state index contributed by atoms with van der Waals surface area (Å²) in [4.78, 5) is 9.89. The first-order valence-corrected chi connectivity index (χ1v) is 10.7. The largest absolute Gasteiger partial charge is 0.472 e. The van der Waals surface area contributed by atoms with E-state index in [0.29, 0.717) is 11.0 Å². The molecule has 140 valence electrons. The number of quaternary nitrogens is 1. The van der Waals surface area contributed by atoms with Crippen LogP contribution in [0.15, 0.2) is 0 Å². The molecule has 2 unspecified atom stereocenters. The Labute approximate surface area is 143 Å². The number of hydrogen-bond acceptors (Lipinski definition) is 3. The second-order valence-electron chi connectivity index (χ2n) is 7.39. The van der Waals surface area contributed by atoms with Gasteiger partial charge in [-0.05, 0) is 12.8 Å². The Kier molecular flexibility index (Phi) is 12.5. The summed E-state index contributed by atoms with van der Waals surface area (Å²) in [5.74, 6) is 0. The fourth-order valence-corrected chi connectivity index (χ4v) is 3.33. The van der Waals surface area contributed by atoms with E-state index in [-0.39, 0.29) is 12.7 Å². The molecule has 0 rings (SSSR count). The van der Waals surface area contributed by atoms with Gasteiger partial charge in [0.25, 0.3) is 0 Å². The molecule has 0 spiro atoms. The molecule has 0 heterocycles. The van der Waals surface area contributed by atoms with Gasteiger partial charge in [-0.25, -0.2) is 4.57 Å². The van der Waals surface area contributed by atoms with Crippen LogP contribution in [0.2, 0.25) is 0 Å². The summed E-state index contributed by atoms with van der Waals surface area (Å²) < 4.78 is 23.3. The predicted octanol–water partition coefficient (Wildman–Crippen LogP) is 4.75. The quantitative estimate of drug-likeness (QED) is 0.263. The number of nitrogens with zero attached hydrogens (tertiary/aromatic N) is 1. The number of phosphoric ester groups is 1. The van der Waals surface area contributed by atoms with Gasteiger partial charge in [0.15, 0.2) is 0 Å². The molecule has 0 aliphatic heterocycles. The molecule has 0 amide bonds. The average Bonchev–Trinajstić information content (AvgIpc) is 2.40. The molecule has 0 aromatic rings. The van der Waals surface area contributed by atoms with E-state index in [1.807, 2.05) is 21.1 Å². The molecular formula is C17H39NO4P+. The Morgan fingerprint density at radius 3 is 2.13 bits per heavy atom. The van der Waals surface area contributed by atoms with Crippen LogP contribution < -0.4 is 0 Å². The number of hydrogen-bond donors (Lipinski definition) is 1. The zero-order chi connectivity index (χ0) is 17.8. The molecule has 0 fully saturated rings. The van der Waals surface area contributed by atoms with Crippen LogP contribution in [0.4, 0.5) is 0 Å². The Hall–Kier alpha value is 0.0700. The van der Waals surface area contributed by atoms with Crippen molar-refractivity contribution < 1.29 is 23.0 Å². The summed E-state index contributed by atoms with van der Waals surface area (Å²) in [5, 5.41) is 0. The number of unbranched alkanes of at least 4 members (excludes halogenated alkanes) is 5. The minimum atomic E-state index is -3.94. The van der Waals surface area contributed by atoms with Crippen molar-refractivity contribution in [3.8, 4) is 0 Å². The molecule has 0 saturated heterocycles. The zero-order valence-corrected chi connectivity index (χ0v) is 16.8. The second-order valence-corrected chi connectivity index (χ2v) is 8.79. The SMILES string of the molecule is CCCCCCCCC(CCC)OP(=O)(O)OCC[N+](C)(C)C. The molecule has 0 bridgehead atoms. The first-order valence-electron chi connectivity index (χ1n) is 9.16. The van der Waals surface area contributed by atoms with Crippen LogP contribution in [-0.2, 0) is 13.6 Å². The van der Waals surface area contributed by atoms with Crippen LogP contribution in [0.25, 0.3) is 0 Å². The van der Waals surface area contributed by atoms with Gasteiger partial charge in [-0.1, -0.05) is 58.8 Å². The third kappa shape index (κ3) is 15.3. The van der Waals surface area contributed by atoms with Crippen molar-refractivity contribution in [3.05, 3.63) is 0 Å². The summed E-state index contributed by atoms with van der Waals surface area (Å²) in [7, 11) is 2.12. The fraction of sp³-hybridized carbons (Fsp3) is 1.00. The van der Waals surface area contributed by atoms with Crippen molar-refractivity contribution in [2.75, 3.05) is 34.3 Å². The van der Waals surface area contributed by atoms with Gasteiger partial charge in [-0.3, -0.25) is 9.05 Å². The van der Waals surface area contributed by atoms with E-state index in [1.165, 1.54) is 32.1 Å². The first-order chi connectivity index (χ1) is 10.7. The van der Waals surface area contributed by atoms with Gasteiger partial charge >= 0.3 is 7.82 Å². The Bertz CT molecular complexity index is 331. The maximum atomic E-state index is 12.1. The molecule has 0 aliphatic carbocycles. The zero-order valence-electron chi connectivity index (χ0n) is 15.9.